The van der Waals surface area contributed by atoms with Crippen LogP contribution in [0.5, 0.6) is 0 Å². The Balaban J connectivity index is 1.63. The van der Waals surface area contributed by atoms with E-state index < -0.39 is 24.0 Å². The molecule has 2 aromatic heterocycles. The van der Waals surface area contributed by atoms with Gasteiger partial charge in [-0.05, 0) is 36.8 Å². The third-order valence-corrected chi connectivity index (χ3v) is 5.18. The highest BCUT2D eigenvalue weighted by atomic mass is 32.1. The van der Waals surface area contributed by atoms with E-state index in [-0.39, 0.29) is 24.2 Å². The highest BCUT2D eigenvalue weighted by Crippen LogP contribution is 2.32. The van der Waals surface area contributed by atoms with Crippen LogP contribution in [0.15, 0.2) is 52.5 Å². The number of nitrogens with one attached hydrogen (secondary N) is 3. The lowest BCUT2D eigenvalue weighted by Gasteiger charge is -2.20. The number of hydrogen-bond acceptors (Lipinski definition) is 7. The summed E-state index contributed by atoms with van der Waals surface area (Å²) in [4.78, 5) is 16.2. The lowest BCUT2D eigenvalue weighted by Crippen LogP contribution is -2.40. The fourth-order valence-electron chi connectivity index (χ4n) is 2.75. The number of aromatic nitrogens is 1. The number of halogens is 3. The van der Waals surface area contributed by atoms with E-state index in [2.05, 4.69) is 20.9 Å². The molecule has 2 heterocycles. The van der Waals surface area contributed by atoms with Gasteiger partial charge in [-0.15, -0.1) is 11.3 Å². The molecule has 2 unspecified atom stereocenters. The SMILES string of the molecule is CC(C(=O)NC(NCCO)c1ccco1)c1ccc(Nc2nc(C(F)(F)F)cs2)cc1. The van der Waals surface area contributed by atoms with E-state index in [0.717, 1.165) is 22.3 Å². The molecule has 11 heteroatoms. The maximum absolute atomic E-state index is 12.7. The fourth-order valence-corrected chi connectivity index (χ4v) is 3.48. The topological polar surface area (TPSA) is 99.4 Å². The Morgan fingerprint density at radius 3 is 2.58 bits per heavy atom. The Hall–Kier alpha value is -2.89. The van der Waals surface area contributed by atoms with Gasteiger partial charge in [0.25, 0.3) is 0 Å². The number of aliphatic hydroxyl groups excluding tert-OH is 1. The van der Waals surface area contributed by atoms with Gasteiger partial charge in [-0.25, -0.2) is 4.98 Å². The molecule has 4 N–H and O–H groups in total. The second-order valence-electron chi connectivity index (χ2n) is 6.64. The minimum atomic E-state index is -4.48. The zero-order chi connectivity index (χ0) is 22.4. The van der Waals surface area contributed by atoms with Crippen molar-refractivity contribution in [1.82, 2.24) is 15.6 Å². The van der Waals surface area contributed by atoms with Crippen molar-refractivity contribution in [1.29, 1.82) is 0 Å². The molecule has 0 bridgehead atoms. The van der Waals surface area contributed by atoms with E-state index in [1.807, 2.05) is 0 Å². The number of anilines is 2. The van der Waals surface area contributed by atoms with E-state index in [9.17, 15) is 18.0 Å². The van der Waals surface area contributed by atoms with Crippen LogP contribution in [0.2, 0.25) is 0 Å². The van der Waals surface area contributed by atoms with Crippen molar-refractivity contribution in [3.63, 3.8) is 0 Å². The summed E-state index contributed by atoms with van der Waals surface area (Å²) in [5.41, 5.74) is 0.332. The molecule has 3 rings (SSSR count). The van der Waals surface area contributed by atoms with Crippen LogP contribution in [0.25, 0.3) is 0 Å². The summed E-state index contributed by atoms with van der Waals surface area (Å²) in [5, 5.41) is 18.8. The zero-order valence-corrected chi connectivity index (χ0v) is 17.3. The van der Waals surface area contributed by atoms with Crippen LogP contribution in [0, 0.1) is 0 Å². The number of carbonyl (C=O) groups is 1. The van der Waals surface area contributed by atoms with Gasteiger partial charge in [-0.1, -0.05) is 12.1 Å². The lowest BCUT2D eigenvalue weighted by atomic mass is 10.00. The van der Waals surface area contributed by atoms with E-state index in [4.69, 9.17) is 9.52 Å². The minimum Gasteiger partial charge on any atom is -0.466 e. The first-order valence-electron chi connectivity index (χ1n) is 9.35. The largest absolute Gasteiger partial charge is 0.466 e. The standard InChI is InChI=1S/C20H21F3N4O3S/c1-12(18(29)27-17(24-8-9-28)15-3-2-10-30-15)13-4-6-14(7-5-13)25-19-26-16(11-31-19)20(21,22)23/h2-7,10-12,17,24,28H,8-9H2,1H3,(H,25,26)(H,27,29). The van der Waals surface area contributed by atoms with Crippen LogP contribution in [-0.4, -0.2) is 29.1 Å². The summed E-state index contributed by atoms with van der Waals surface area (Å²) in [6.45, 7) is 1.91. The van der Waals surface area contributed by atoms with Crippen LogP contribution in [-0.2, 0) is 11.0 Å². The predicted molar refractivity (Wildman–Crippen MR) is 110 cm³/mol. The first-order valence-corrected chi connectivity index (χ1v) is 10.2. The number of hydrogen-bond donors (Lipinski definition) is 4. The number of thiazole rings is 1. The summed E-state index contributed by atoms with van der Waals surface area (Å²) in [6, 6.07) is 10.2. The van der Waals surface area contributed by atoms with Gasteiger partial charge in [-0.2, -0.15) is 13.2 Å². The molecule has 0 radical (unpaired) electrons. The molecule has 0 aliphatic carbocycles. The zero-order valence-electron chi connectivity index (χ0n) is 16.4. The molecule has 3 aromatic rings. The first-order chi connectivity index (χ1) is 14.8. The monoisotopic (exact) mass is 454 g/mol. The summed E-state index contributed by atoms with van der Waals surface area (Å²) >= 11 is 0.859. The number of carbonyl (C=O) groups excluding carboxylic acids is 1. The summed E-state index contributed by atoms with van der Waals surface area (Å²) < 4.78 is 43.3. The molecule has 31 heavy (non-hydrogen) atoms. The van der Waals surface area contributed by atoms with Crippen molar-refractivity contribution in [3.8, 4) is 0 Å². The first kappa shape index (κ1) is 22.8. The van der Waals surface area contributed by atoms with Crippen molar-refractivity contribution in [2.24, 2.45) is 0 Å². The van der Waals surface area contributed by atoms with Crippen molar-refractivity contribution in [2.45, 2.75) is 25.2 Å². The Labute approximate surface area is 180 Å². The number of nitrogens with zero attached hydrogens (tertiary/aromatic N) is 1. The molecule has 0 saturated heterocycles. The number of amides is 1. The normalized spacial score (nSPS) is 13.6. The average Bonchev–Trinajstić information content (AvgIpc) is 3.43. The van der Waals surface area contributed by atoms with Crippen LogP contribution in [0.4, 0.5) is 24.0 Å². The third-order valence-electron chi connectivity index (χ3n) is 4.42. The van der Waals surface area contributed by atoms with Crippen LogP contribution in [0.3, 0.4) is 0 Å². The summed E-state index contributed by atoms with van der Waals surface area (Å²) in [7, 11) is 0. The van der Waals surface area contributed by atoms with Crippen molar-refractivity contribution in [3.05, 3.63) is 65.1 Å². The molecule has 0 aliphatic heterocycles. The number of rotatable bonds is 9. The van der Waals surface area contributed by atoms with Crippen LogP contribution >= 0.6 is 11.3 Å². The second kappa shape index (κ2) is 9.94. The maximum Gasteiger partial charge on any atom is 0.434 e. The molecule has 0 saturated carbocycles. The number of benzene rings is 1. The molecular formula is C20H21F3N4O3S. The fraction of sp³-hybridized carbons (Fsp3) is 0.300. The van der Waals surface area contributed by atoms with Gasteiger partial charge in [0.15, 0.2) is 10.8 Å². The Morgan fingerprint density at radius 2 is 2.00 bits per heavy atom. The van der Waals surface area contributed by atoms with Gasteiger partial charge in [-0.3, -0.25) is 10.1 Å². The van der Waals surface area contributed by atoms with E-state index >= 15 is 0 Å². The van der Waals surface area contributed by atoms with Gasteiger partial charge < -0.3 is 20.2 Å². The maximum atomic E-state index is 12.7. The number of alkyl halides is 3. The Bertz CT molecular complexity index is 974. The van der Waals surface area contributed by atoms with E-state index in [0.29, 0.717) is 11.4 Å². The molecule has 0 aliphatic rings. The molecule has 0 fully saturated rings. The second-order valence-corrected chi connectivity index (χ2v) is 7.50. The number of furan rings is 1. The molecule has 2 atom stereocenters. The van der Waals surface area contributed by atoms with Crippen LogP contribution in [0.1, 0.15) is 36.0 Å². The summed E-state index contributed by atoms with van der Waals surface area (Å²) in [6.07, 6.45) is -3.58. The molecule has 166 valence electrons. The van der Waals surface area contributed by atoms with Gasteiger partial charge >= 0.3 is 6.18 Å². The van der Waals surface area contributed by atoms with E-state index in [1.54, 1.807) is 43.3 Å². The Kier molecular flexibility index (Phi) is 7.31. The lowest BCUT2D eigenvalue weighted by molar-refractivity contribution is -0.140. The Morgan fingerprint density at radius 1 is 1.26 bits per heavy atom. The molecule has 0 spiro atoms. The molecular weight excluding hydrogens is 433 g/mol. The van der Waals surface area contributed by atoms with E-state index in [1.165, 1.54) is 6.26 Å². The van der Waals surface area contributed by atoms with Crippen molar-refractivity contribution in [2.75, 3.05) is 18.5 Å². The third kappa shape index (κ3) is 6.06. The van der Waals surface area contributed by atoms with Crippen molar-refractivity contribution < 1.29 is 27.5 Å². The average molecular weight is 454 g/mol. The number of aliphatic hydroxyl groups is 1. The van der Waals surface area contributed by atoms with Gasteiger partial charge in [0, 0.05) is 17.6 Å². The van der Waals surface area contributed by atoms with Gasteiger partial charge in [0.05, 0.1) is 18.8 Å². The highest BCUT2D eigenvalue weighted by Gasteiger charge is 2.33. The summed E-state index contributed by atoms with van der Waals surface area (Å²) in [5.74, 6) is -0.253. The molecule has 1 aromatic carbocycles. The van der Waals surface area contributed by atoms with Crippen LogP contribution < -0.4 is 16.0 Å². The molecule has 7 nitrogen and oxygen atoms in total. The predicted octanol–water partition coefficient (Wildman–Crippen LogP) is 4.00. The quantitative estimate of drug-likeness (QED) is 0.365. The minimum absolute atomic E-state index is 0.0966. The van der Waals surface area contributed by atoms with Crippen molar-refractivity contribution >= 4 is 28.1 Å². The highest BCUT2D eigenvalue weighted by molar-refractivity contribution is 7.13. The van der Waals surface area contributed by atoms with Gasteiger partial charge in [0.2, 0.25) is 5.91 Å². The van der Waals surface area contributed by atoms with Gasteiger partial charge in [0.1, 0.15) is 11.9 Å². The molecule has 1 amide bonds. The smallest absolute Gasteiger partial charge is 0.434 e.